The standard InChI is InChI=1S/C20H23FN2O2S/c1-3-25-16-7-4-14(5-8-16)13-23(2)20(24)22-18-10-11-26-19-9-6-15(21)12-17(18)19/h4-9,12,18H,3,10-11,13H2,1-2H3,(H,22,24). The Morgan fingerprint density at radius 2 is 2.08 bits per heavy atom. The molecule has 0 saturated carbocycles. The van der Waals surface area contributed by atoms with Crippen LogP contribution in [0.1, 0.15) is 30.5 Å². The molecule has 1 unspecified atom stereocenters. The molecule has 1 heterocycles. The molecule has 6 heteroatoms. The molecule has 3 rings (SSSR count). The molecule has 2 aromatic carbocycles. The molecular weight excluding hydrogens is 351 g/mol. The molecule has 0 spiro atoms. The fourth-order valence-electron chi connectivity index (χ4n) is 2.98. The minimum atomic E-state index is -0.270. The van der Waals surface area contributed by atoms with Gasteiger partial charge in [0.15, 0.2) is 0 Å². The molecule has 0 saturated heterocycles. The van der Waals surface area contributed by atoms with Gasteiger partial charge in [0.25, 0.3) is 0 Å². The van der Waals surface area contributed by atoms with Gasteiger partial charge < -0.3 is 15.0 Å². The molecule has 1 atom stereocenters. The number of halogens is 1. The van der Waals surface area contributed by atoms with Crippen LogP contribution in [0.2, 0.25) is 0 Å². The summed E-state index contributed by atoms with van der Waals surface area (Å²) in [6.07, 6.45) is 0.795. The highest BCUT2D eigenvalue weighted by molar-refractivity contribution is 7.99. The SMILES string of the molecule is CCOc1ccc(CN(C)C(=O)NC2CCSc3ccc(F)cc32)cc1. The van der Waals surface area contributed by atoms with Gasteiger partial charge in [-0.25, -0.2) is 9.18 Å². The van der Waals surface area contributed by atoms with Crippen molar-refractivity contribution in [3.63, 3.8) is 0 Å². The summed E-state index contributed by atoms with van der Waals surface area (Å²) in [5.41, 5.74) is 1.89. The summed E-state index contributed by atoms with van der Waals surface area (Å²) in [5, 5.41) is 3.04. The lowest BCUT2D eigenvalue weighted by atomic mass is 10.0. The molecule has 0 bridgehead atoms. The van der Waals surface area contributed by atoms with Crippen molar-refractivity contribution in [1.29, 1.82) is 0 Å². The van der Waals surface area contributed by atoms with Gasteiger partial charge in [-0.15, -0.1) is 11.8 Å². The van der Waals surface area contributed by atoms with Crippen LogP contribution in [0.25, 0.3) is 0 Å². The van der Waals surface area contributed by atoms with E-state index in [9.17, 15) is 9.18 Å². The molecule has 26 heavy (non-hydrogen) atoms. The normalized spacial score (nSPS) is 15.9. The topological polar surface area (TPSA) is 41.6 Å². The third kappa shape index (κ3) is 4.49. The van der Waals surface area contributed by atoms with Crippen LogP contribution in [-0.2, 0) is 6.54 Å². The number of fused-ring (bicyclic) bond motifs is 1. The van der Waals surface area contributed by atoms with Crippen LogP contribution >= 0.6 is 11.8 Å². The lowest BCUT2D eigenvalue weighted by Crippen LogP contribution is -2.39. The van der Waals surface area contributed by atoms with Crippen LogP contribution in [0, 0.1) is 5.82 Å². The van der Waals surface area contributed by atoms with Crippen molar-refractivity contribution >= 4 is 17.8 Å². The number of nitrogens with one attached hydrogen (secondary N) is 1. The van der Waals surface area contributed by atoms with Crippen LogP contribution in [0.15, 0.2) is 47.4 Å². The molecule has 138 valence electrons. The first-order valence-electron chi connectivity index (χ1n) is 8.72. The van der Waals surface area contributed by atoms with Gasteiger partial charge >= 0.3 is 6.03 Å². The average Bonchev–Trinajstić information content (AvgIpc) is 2.64. The highest BCUT2D eigenvalue weighted by Crippen LogP contribution is 2.36. The molecule has 0 fully saturated rings. The molecule has 0 aromatic heterocycles. The highest BCUT2D eigenvalue weighted by atomic mass is 32.2. The number of hydrogen-bond donors (Lipinski definition) is 1. The highest BCUT2D eigenvalue weighted by Gasteiger charge is 2.24. The first-order chi connectivity index (χ1) is 12.6. The van der Waals surface area contributed by atoms with Gasteiger partial charge in [-0.2, -0.15) is 0 Å². The Morgan fingerprint density at radius 3 is 2.81 bits per heavy atom. The fourth-order valence-corrected chi connectivity index (χ4v) is 4.08. The molecule has 0 aliphatic carbocycles. The van der Waals surface area contributed by atoms with E-state index in [4.69, 9.17) is 4.74 Å². The molecule has 1 N–H and O–H groups in total. The van der Waals surface area contributed by atoms with Gasteiger partial charge in [0.1, 0.15) is 11.6 Å². The molecule has 1 aliphatic heterocycles. The van der Waals surface area contributed by atoms with Gasteiger partial charge in [0.2, 0.25) is 0 Å². The number of carbonyl (C=O) groups excluding carboxylic acids is 1. The largest absolute Gasteiger partial charge is 0.494 e. The van der Waals surface area contributed by atoms with Crippen molar-refractivity contribution in [3.8, 4) is 5.75 Å². The zero-order valence-electron chi connectivity index (χ0n) is 15.0. The molecule has 4 nitrogen and oxygen atoms in total. The van der Waals surface area contributed by atoms with Crippen LogP contribution < -0.4 is 10.1 Å². The first kappa shape index (κ1) is 18.6. The number of benzene rings is 2. The van der Waals surface area contributed by atoms with Crippen molar-refractivity contribution < 1.29 is 13.9 Å². The number of carbonyl (C=O) groups is 1. The quantitative estimate of drug-likeness (QED) is 0.831. The van der Waals surface area contributed by atoms with Gasteiger partial charge in [-0.3, -0.25) is 0 Å². The summed E-state index contributed by atoms with van der Waals surface area (Å²) in [4.78, 5) is 15.2. The van der Waals surface area contributed by atoms with E-state index in [0.29, 0.717) is 13.2 Å². The number of rotatable bonds is 5. The second kappa shape index (κ2) is 8.45. The van der Waals surface area contributed by atoms with Crippen molar-refractivity contribution in [2.75, 3.05) is 19.4 Å². The molecule has 2 amide bonds. The van der Waals surface area contributed by atoms with Crippen molar-refractivity contribution in [1.82, 2.24) is 10.2 Å². The lowest BCUT2D eigenvalue weighted by Gasteiger charge is -2.28. The number of thioether (sulfide) groups is 1. The maximum Gasteiger partial charge on any atom is 0.317 e. The number of nitrogens with zero attached hydrogens (tertiary/aromatic N) is 1. The molecule has 0 radical (unpaired) electrons. The lowest BCUT2D eigenvalue weighted by molar-refractivity contribution is 0.202. The van der Waals surface area contributed by atoms with Crippen LogP contribution in [0.4, 0.5) is 9.18 Å². The Hall–Kier alpha value is -2.21. The number of amides is 2. The van der Waals surface area contributed by atoms with E-state index in [-0.39, 0.29) is 17.9 Å². The summed E-state index contributed by atoms with van der Waals surface area (Å²) in [7, 11) is 1.76. The third-order valence-corrected chi connectivity index (χ3v) is 5.43. The summed E-state index contributed by atoms with van der Waals surface area (Å²) in [6.45, 7) is 3.07. The number of urea groups is 1. The van der Waals surface area contributed by atoms with Gasteiger partial charge in [0, 0.05) is 24.2 Å². The van der Waals surface area contributed by atoms with Crippen molar-refractivity contribution in [2.45, 2.75) is 30.8 Å². The van der Waals surface area contributed by atoms with Crippen LogP contribution in [-0.4, -0.2) is 30.3 Å². The minimum absolute atomic E-state index is 0.155. The van der Waals surface area contributed by atoms with E-state index in [2.05, 4.69) is 5.32 Å². The zero-order valence-corrected chi connectivity index (χ0v) is 15.8. The average molecular weight is 374 g/mol. The van der Waals surface area contributed by atoms with E-state index >= 15 is 0 Å². The smallest absolute Gasteiger partial charge is 0.317 e. The van der Waals surface area contributed by atoms with E-state index in [1.54, 1.807) is 29.8 Å². The van der Waals surface area contributed by atoms with Gasteiger partial charge in [-0.1, -0.05) is 12.1 Å². The van der Waals surface area contributed by atoms with Crippen LogP contribution in [0.5, 0.6) is 5.75 Å². The maximum atomic E-state index is 13.6. The Bertz CT molecular complexity index is 767. The summed E-state index contributed by atoms with van der Waals surface area (Å²) in [5.74, 6) is 1.46. The molecular formula is C20H23FN2O2S. The van der Waals surface area contributed by atoms with Gasteiger partial charge in [-0.05, 0) is 54.8 Å². The Labute approximate surface area is 157 Å². The summed E-state index contributed by atoms with van der Waals surface area (Å²) < 4.78 is 19.0. The first-order valence-corrected chi connectivity index (χ1v) is 9.71. The fraction of sp³-hybridized carbons (Fsp3) is 0.350. The second-order valence-electron chi connectivity index (χ2n) is 6.25. The Morgan fingerprint density at radius 1 is 1.31 bits per heavy atom. The van der Waals surface area contributed by atoms with Crippen molar-refractivity contribution in [3.05, 3.63) is 59.4 Å². The van der Waals surface area contributed by atoms with Gasteiger partial charge in [0.05, 0.1) is 12.6 Å². The summed E-state index contributed by atoms with van der Waals surface area (Å²) >= 11 is 1.70. The molecule has 2 aromatic rings. The number of hydrogen-bond acceptors (Lipinski definition) is 3. The number of ether oxygens (including phenoxy) is 1. The van der Waals surface area contributed by atoms with Crippen molar-refractivity contribution in [2.24, 2.45) is 0 Å². The second-order valence-corrected chi connectivity index (χ2v) is 7.39. The Kier molecular flexibility index (Phi) is 6.04. The maximum absolute atomic E-state index is 13.6. The monoisotopic (exact) mass is 374 g/mol. The van der Waals surface area contributed by atoms with E-state index in [1.807, 2.05) is 31.2 Å². The predicted molar refractivity (Wildman–Crippen MR) is 102 cm³/mol. The van der Waals surface area contributed by atoms with E-state index < -0.39 is 0 Å². The van der Waals surface area contributed by atoms with E-state index in [0.717, 1.165) is 33.9 Å². The predicted octanol–water partition coefficient (Wildman–Crippen LogP) is 4.60. The van der Waals surface area contributed by atoms with E-state index in [1.165, 1.54) is 12.1 Å². The Balaban J connectivity index is 1.62. The zero-order chi connectivity index (χ0) is 18.5. The minimum Gasteiger partial charge on any atom is -0.494 e. The van der Waals surface area contributed by atoms with Crippen LogP contribution in [0.3, 0.4) is 0 Å². The summed E-state index contributed by atoms with van der Waals surface area (Å²) in [6, 6.07) is 12.2. The molecule has 1 aliphatic rings. The third-order valence-electron chi connectivity index (χ3n) is 4.31.